The van der Waals surface area contributed by atoms with Gasteiger partial charge in [-0.1, -0.05) is 0 Å². The fourth-order valence-corrected chi connectivity index (χ4v) is 2.02. The molecule has 0 radical (unpaired) electrons. The van der Waals surface area contributed by atoms with Gasteiger partial charge < -0.3 is 14.2 Å². The van der Waals surface area contributed by atoms with Crippen molar-refractivity contribution in [2.75, 3.05) is 54.5 Å². The normalized spacial score (nSPS) is 21.8. The van der Waals surface area contributed by atoms with Gasteiger partial charge >= 0.3 is 11.9 Å². The summed E-state index contributed by atoms with van der Waals surface area (Å²) in [5, 5.41) is 0. The van der Waals surface area contributed by atoms with E-state index in [2.05, 4.69) is 0 Å². The Morgan fingerprint density at radius 2 is 1.71 bits per heavy atom. The van der Waals surface area contributed by atoms with Crippen molar-refractivity contribution in [2.45, 2.75) is 19.1 Å². The van der Waals surface area contributed by atoms with Crippen LogP contribution in [-0.4, -0.2) is 82.5 Å². The molecule has 0 N–H and O–H groups in total. The second-order valence-electron chi connectivity index (χ2n) is 5.84. The lowest BCUT2D eigenvalue weighted by Gasteiger charge is -2.14. The summed E-state index contributed by atoms with van der Waals surface area (Å²) in [5.74, 6) is -0.259. The average molecular weight is 302 g/mol. The van der Waals surface area contributed by atoms with E-state index in [4.69, 9.17) is 14.2 Å². The van der Waals surface area contributed by atoms with Gasteiger partial charge in [0.15, 0.2) is 0 Å². The summed E-state index contributed by atoms with van der Waals surface area (Å²) in [7, 11) is 7.25. The number of ether oxygens (including phenoxy) is 3. The lowest BCUT2D eigenvalue weighted by Crippen LogP contribution is -2.27. The first-order chi connectivity index (χ1) is 9.86. The van der Waals surface area contributed by atoms with Gasteiger partial charge in [-0.15, -0.1) is 0 Å². The SMILES string of the molecule is CN(C)CC(=O)OCCC1CO[C@@H](OC(=O)CN(C)C)C1. The van der Waals surface area contributed by atoms with Crippen LogP contribution in [0, 0.1) is 5.92 Å². The lowest BCUT2D eigenvalue weighted by atomic mass is 10.1. The molecule has 0 aliphatic carbocycles. The van der Waals surface area contributed by atoms with Crippen LogP contribution in [0.15, 0.2) is 0 Å². The topological polar surface area (TPSA) is 68.3 Å². The highest BCUT2D eigenvalue weighted by atomic mass is 16.7. The molecule has 0 amide bonds. The maximum absolute atomic E-state index is 11.5. The summed E-state index contributed by atoms with van der Waals surface area (Å²) in [4.78, 5) is 26.4. The Bertz CT molecular complexity index is 346. The Balaban J connectivity index is 2.14. The van der Waals surface area contributed by atoms with Crippen molar-refractivity contribution in [2.24, 2.45) is 5.92 Å². The molecule has 1 rings (SSSR count). The molecule has 0 spiro atoms. The summed E-state index contributed by atoms with van der Waals surface area (Å²) in [6.07, 6.45) is 0.908. The third-order valence-electron chi connectivity index (χ3n) is 2.99. The van der Waals surface area contributed by atoms with Crippen molar-refractivity contribution in [3.8, 4) is 0 Å². The van der Waals surface area contributed by atoms with Gasteiger partial charge in [0, 0.05) is 6.42 Å². The maximum Gasteiger partial charge on any atom is 0.322 e. The van der Waals surface area contributed by atoms with E-state index in [0.29, 0.717) is 19.6 Å². The number of nitrogens with zero attached hydrogens (tertiary/aromatic N) is 2. The minimum absolute atomic E-state index is 0.229. The number of carbonyl (C=O) groups is 2. The van der Waals surface area contributed by atoms with Gasteiger partial charge in [0.05, 0.1) is 26.3 Å². The zero-order valence-corrected chi connectivity index (χ0v) is 13.3. The van der Waals surface area contributed by atoms with E-state index < -0.39 is 6.29 Å². The molecule has 2 atom stereocenters. The van der Waals surface area contributed by atoms with Gasteiger partial charge in [-0.2, -0.15) is 0 Å². The first-order valence-corrected chi connectivity index (χ1v) is 7.13. The molecule has 1 aliphatic rings. The van der Waals surface area contributed by atoms with Crippen LogP contribution in [-0.2, 0) is 23.8 Å². The molecule has 0 aromatic heterocycles. The second-order valence-corrected chi connectivity index (χ2v) is 5.84. The van der Waals surface area contributed by atoms with Crippen LogP contribution in [0.25, 0.3) is 0 Å². The van der Waals surface area contributed by atoms with Gasteiger partial charge in [-0.25, -0.2) is 0 Å². The van der Waals surface area contributed by atoms with E-state index in [1.165, 1.54) is 0 Å². The Labute approximate surface area is 126 Å². The first-order valence-electron chi connectivity index (χ1n) is 7.13. The molecule has 21 heavy (non-hydrogen) atoms. The standard InChI is InChI=1S/C14H26N2O5/c1-15(2)8-12(17)19-6-5-11-7-14(20-10-11)21-13(18)9-16(3)4/h11,14H,5-10H2,1-4H3/t11?,14-/m0/s1. The fourth-order valence-electron chi connectivity index (χ4n) is 2.02. The number of hydrogen-bond acceptors (Lipinski definition) is 7. The smallest absolute Gasteiger partial charge is 0.322 e. The molecule has 7 heteroatoms. The molecular formula is C14H26N2O5. The molecule has 1 heterocycles. The minimum Gasteiger partial charge on any atom is -0.465 e. The van der Waals surface area contributed by atoms with Crippen molar-refractivity contribution in [1.82, 2.24) is 9.80 Å². The Kier molecular flexibility index (Phi) is 7.63. The fraction of sp³-hybridized carbons (Fsp3) is 0.857. The summed E-state index contributed by atoms with van der Waals surface area (Å²) < 4.78 is 15.8. The van der Waals surface area contributed by atoms with E-state index in [1.54, 1.807) is 9.80 Å². The van der Waals surface area contributed by atoms with Crippen LogP contribution in [0.3, 0.4) is 0 Å². The van der Waals surface area contributed by atoms with E-state index in [0.717, 1.165) is 6.42 Å². The molecule has 1 unspecified atom stereocenters. The van der Waals surface area contributed by atoms with Crippen LogP contribution in [0.4, 0.5) is 0 Å². The number of likely N-dealkylation sites (N-methyl/N-ethyl adjacent to an activating group) is 2. The van der Waals surface area contributed by atoms with Gasteiger partial charge in [0.25, 0.3) is 0 Å². The molecule has 1 aliphatic heterocycles. The highest BCUT2D eigenvalue weighted by molar-refractivity contribution is 5.72. The summed E-state index contributed by atoms with van der Waals surface area (Å²) in [6, 6.07) is 0. The van der Waals surface area contributed by atoms with E-state index in [9.17, 15) is 9.59 Å². The molecule has 1 fully saturated rings. The number of hydrogen-bond donors (Lipinski definition) is 0. The zero-order chi connectivity index (χ0) is 15.8. The number of esters is 2. The van der Waals surface area contributed by atoms with Crippen LogP contribution >= 0.6 is 0 Å². The summed E-state index contributed by atoms with van der Waals surface area (Å²) in [5.41, 5.74) is 0. The minimum atomic E-state index is -0.472. The quantitative estimate of drug-likeness (QED) is 0.582. The lowest BCUT2D eigenvalue weighted by molar-refractivity contribution is -0.170. The molecule has 0 bridgehead atoms. The average Bonchev–Trinajstić information content (AvgIpc) is 2.74. The third kappa shape index (κ3) is 7.99. The zero-order valence-electron chi connectivity index (χ0n) is 13.3. The van der Waals surface area contributed by atoms with Crippen LogP contribution in [0.2, 0.25) is 0 Å². The van der Waals surface area contributed by atoms with Crippen LogP contribution < -0.4 is 0 Å². The van der Waals surface area contributed by atoms with Crippen molar-refractivity contribution < 1.29 is 23.8 Å². The molecule has 0 saturated carbocycles. The van der Waals surface area contributed by atoms with Crippen molar-refractivity contribution in [3.05, 3.63) is 0 Å². The Morgan fingerprint density at radius 1 is 1.10 bits per heavy atom. The van der Waals surface area contributed by atoms with Gasteiger partial charge in [0.1, 0.15) is 0 Å². The second kappa shape index (κ2) is 8.96. The van der Waals surface area contributed by atoms with Gasteiger partial charge in [0.2, 0.25) is 6.29 Å². The van der Waals surface area contributed by atoms with Crippen molar-refractivity contribution in [3.63, 3.8) is 0 Å². The highest BCUT2D eigenvalue weighted by Crippen LogP contribution is 2.23. The van der Waals surface area contributed by atoms with E-state index in [-0.39, 0.29) is 30.9 Å². The maximum atomic E-state index is 11.5. The Hall–Kier alpha value is -1.18. The molecular weight excluding hydrogens is 276 g/mol. The van der Waals surface area contributed by atoms with Crippen molar-refractivity contribution >= 4 is 11.9 Å². The predicted octanol–water partition coefficient (Wildman–Crippen LogP) is -0.0513. The van der Waals surface area contributed by atoms with E-state index >= 15 is 0 Å². The third-order valence-corrected chi connectivity index (χ3v) is 2.99. The number of carbonyl (C=O) groups excluding carboxylic acids is 2. The predicted molar refractivity (Wildman–Crippen MR) is 76.6 cm³/mol. The molecule has 7 nitrogen and oxygen atoms in total. The van der Waals surface area contributed by atoms with E-state index in [1.807, 2.05) is 28.2 Å². The largest absolute Gasteiger partial charge is 0.465 e. The van der Waals surface area contributed by atoms with Gasteiger partial charge in [-0.3, -0.25) is 19.4 Å². The van der Waals surface area contributed by atoms with Gasteiger partial charge in [-0.05, 0) is 40.5 Å². The van der Waals surface area contributed by atoms with Crippen molar-refractivity contribution in [1.29, 1.82) is 0 Å². The monoisotopic (exact) mass is 302 g/mol. The van der Waals surface area contributed by atoms with Crippen LogP contribution in [0.1, 0.15) is 12.8 Å². The Morgan fingerprint density at radius 3 is 2.33 bits per heavy atom. The summed E-state index contributed by atoms with van der Waals surface area (Å²) >= 11 is 0. The number of rotatable bonds is 8. The van der Waals surface area contributed by atoms with Crippen LogP contribution in [0.5, 0.6) is 0 Å². The summed E-state index contributed by atoms with van der Waals surface area (Å²) in [6.45, 7) is 1.43. The first kappa shape index (κ1) is 17.9. The highest BCUT2D eigenvalue weighted by Gasteiger charge is 2.28. The molecule has 0 aromatic rings. The molecule has 0 aromatic carbocycles. The molecule has 1 saturated heterocycles. The molecule has 122 valence electrons.